The van der Waals surface area contributed by atoms with E-state index in [1.807, 2.05) is 43.5 Å². The van der Waals surface area contributed by atoms with Crippen molar-refractivity contribution in [3.8, 4) is 11.1 Å². The molecule has 8 heteroatoms. The predicted molar refractivity (Wildman–Crippen MR) is 113 cm³/mol. The summed E-state index contributed by atoms with van der Waals surface area (Å²) in [5.74, 6) is 0. The van der Waals surface area contributed by atoms with Crippen molar-refractivity contribution >= 4 is 26.7 Å². The molecule has 4 aromatic rings. The van der Waals surface area contributed by atoms with Crippen molar-refractivity contribution in [1.82, 2.24) is 15.0 Å². The van der Waals surface area contributed by atoms with Gasteiger partial charge in [-0.05, 0) is 48.4 Å². The molecule has 29 heavy (non-hydrogen) atoms. The maximum Gasteiger partial charge on any atom is 0.238 e. The summed E-state index contributed by atoms with van der Waals surface area (Å²) in [6.45, 7) is 2.04. The highest BCUT2D eigenvalue weighted by molar-refractivity contribution is 7.89. The summed E-state index contributed by atoms with van der Waals surface area (Å²) in [7, 11) is -3.81. The Balaban J connectivity index is 1.82. The minimum Gasteiger partial charge on any atom is -0.378 e. The van der Waals surface area contributed by atoms with E-state index in [2.05, 4.69) is 20.3 Å². The molecule has 0 amide bonds. The molecule has 3 N–H and O–H groups in total. The number of nitrogens with one attached hydrogen (secondary N) is 1. The van der Waals surface area contributed by atoms with E-state index in [1.165, 1.54) is 6.07 Å². The van der Waals surface area contributed by atoms with Gasteiger partial charge >= 0.3 is 0 Å². The molecular weight excluding hydrogens is 386 g/mol. The zero-order chi connectivity index (χ0) is 20.4. The second-order valence-corrected chi connectivity index (χ2v) is 8.23. The standard InChI is InChI=1S/C21H19N5O2S/c1-14(16-5-3-7-23-13-16)26-17-11-19(21-20(12-17)24-8-9-25-21)15-4-2-6-18(10-15)29(22,27)28/h2-14,26H,1H3,(H2,22,27,28). The lowest BCUT2D eigenvalue weighted by Crippen LogP contribution is -2.12. The number of aromatic nitrogens is 3. The van der Waals surface area contributed by atoms with Gasteiger partial charge in [-0.25, -0.2) is 13.6 Å². The number of hydrogen-bond donors (Lipinski definition) is 2. The predicted octanol–water partition coefficient (Wildman–Crippen LogP) is 3.51. The molecule has 2 aromatic carbocycles. The first-order valence-corrected chi connectivity index (χ1v) is 10.5. The fourth-order valence-corrected chi connectivity index (χ4v) is 3.74. The van der Waals surface area contributed by atoms with Crippen LogP contribution >= 0.6 is 0 Å². The molecule has 0 fully saturated rings. The average molecular weight is 405 g/mol. The van der Waals surface area contributed by atoms with Crippen LogP contribution in [0.5, 0.6) is 0 Å². The third kappa shape index (κ3) is 4.08. The van der Waals surface area contributed by atoms with Gasteiger partial charge in [-0.1, -0.05) is 18.2 Å². The number of nitrogens with zero attached hydrogens (tertiary/aromatic N) is 3. The Kier molecular flexibility index (Phi) is 4.96. The highest BCUT2D eigenvalue weighted by Gasteiger charge is 2.14. The van der Waals surface area contributed by atoms with Crippen molar-refractivity contribution in [3.05, 3.63) is 78.9 Å². The van der Waals surface area contributed by atoms with E-state index in [4.69, 9.17) is 5.14 Å². The van der Waals surface area contributed by atoms with E-state index < -0.39 is 10.0 Å². The number of anilines is 1. The Bertz CT molecular complexity index is 1280. The van der Waals surface area contributed by atoms with Gasteiger partial charge in [-0.2, -0.15) is 0 Å². The lowest BCUT2D eigenvalue weighted by Gasteiger charge is -2.17. The van der Waals surface area contributed by atoms with Crippen molar-refractivity contribution in [1.29, 1.82) is 0 Å². The zero-order valence-corrected chi connectivity index (χ0v) is 16.5. The monoisotopic (exact) mass is 405 g/mol. The first-order chi connectivity index (χ1) is 13.9. The third-order valence-corrected chi connectivity index (χ3v) is 5.53. The maximum absolute atomic E-state index is 11.8. The molecule has 2 aromatic heterocycles. The van der Waals surface area contributed by atoms with Gasteiger partial charge in [0, 0.05) is 36.0 Å². The average Bonchev–Trinajstić information content (AvgIpc) is 2.73. The fraction of sp³-hybridized carbons (Fsp3) is 0.0952. The summed E-state index contributed by atoms with van der Waals surface area (Å²) in [5.41, 5.74) is 4.72. The van der Waals surface area contributed by atoms with Gasteiger partial charge in [0.05, 0.1) is 22.0 Å². The van der Waals surface area contributed by atoms with Crippen LogP contribution in [-0.4, -0.2) is 23.4 Å². The number of primary sulfonamides is 1. The fourth-order valence-electron chi connectivity index (χ4n) is 3.18. The van der Waals surface area contributed by atoms with Crippen LogP contribution in [0.25, 0.3) is 22.2 Å². The smallest absolute Gasteiger partial charge is 0.238 e. The number of rotatable bonds is 5. The van der Waals surface area contributed by atoms with Gasteiger partial charge in [0.15, 0.2) is 0 Å². The Morgan fingerprint density at radius 1 is 1.00 bits per heavy atom. The number of hydrogen-bond acceptors (Lipinski definition) is 6. The van der Waals surface area contributed by atoms with Gasteiger partial charge < -0.3 is 5.32 Å². The summed E-state index contributed by atoms with van der Waals surface area (Å²) in [4.78, 5) is 13.1. The van der Waals surface area contributed by atoms with Crippen molar-refractivity contribution < 1.29 is 8.42 Å². The molecule has 2 heterocycles. The lowest BCUT2D eigenvalue weighted by atomic mass is 10.0. The normalized spacial score (nSPS) is 12.6. The molecule has 0 aliphatic carbocycles. The molecule has 0 bridgehead atoms. The van der Waals surface area contributed by atoms with Crippen LogP contribution in [0.1, 0.15) is 18.5 Å². The van der Waals surface area contributed by atoms with Crippen LogP contribution in [0, 0.1) is 0 Å². The topological polar surface area (TPSA) is 111 Å². The highest BCUT2D eigenvalue weighted by atomic mass is 32.2. The first kappa shape index (κ1) is 19.0. The maximum atomic E-state index is 11.8. The molecule has 0 spiro atoms. The van der Waals surface area contributed by atoms with E-state index in [9.17, 15) is 8.42 Å². The Morgan fingerprint density at radius 3 is 2.59 bits per heavy atom. The molecule has 0 aliphatic heterocycles. The van der Waals surface area contributed by atoms with Crippen molar-refractivity contribution in [2.24, 2.45) is 5.14 Å². The largest absolute Gasteiger partial charge is 0.378 e. The number of nitrogens with two attached hydrogens (primary N) is 1. The van der Waals surface area contributed by atoms with Gasteiger partial charge in [0.2, 0.25) is 10.0 Å². The number of benzene rings is 2. The van der Waals surface area contributed by atoms with E-state index in [-0.39, 0.29) is 10.9 Å². The molecule has 1 unspecified atom stereocenters. The molecular formula is C21H19N5O2S. The summed E-state index contributed by atoms with van der Waals surface area (Å²) < 4.78 is 23.6. The second-order valence-electron chi connectivity index (χ2n) is 6.67. The highest BCUT2D eigenvalue weighted by Crippen LogP contribution is 2.32. The molecule has 146 valence electrons. The first-order valence-electron chi connectivity index (χ1n) is 8.96. The molecule has 1 atom stereocenters. The Morgan fingerprint density at radius 2 is 1.83 bits per heavy atom. The second kappa shape index (κ2) is 7.57. The molecule has 0 radical (unpaired) electrons. The van der Waals surface area contributed by atoms with E-state index in [1.54, 1.807) is 30.7 Å². The van der Waals surface area contributed by atoms with Crippen LogP contribution < -0.4 is 10.5 Å². The summed E-state index contributed by atoms with van der Waals surface area (Å²) in [6, 6.07) is 14.3. The van der Waals surface area contributed by atoms with Crippen molar-refractivity contribution in [2.45, 2.75) is 17.9 Å². The number of sulfonamides is 1. The zero-order valence-electron chi connectivity index (χ0n) is 15.6. The van der Waals surface area contributed by atoms with Crippen LogP contribution in [0.2, 0.25) is 0 Å². The summed E-state index contributed by atoms with van der Waals surface area (Å²) >= 11 is 0. The number of pyridine rings is 1. The van der Waals surface area contributed by atoms with Crippen molar-refractivity contribution in [2.75, 3.05) is 5.32 Å². The van der Waals surface area contributed by atoms with Gasteiger partial charge in [0.25, 0.3) is 0 Å². The minimum absolute atomic E-state index is 0.0152. The quantitative estimate of drug-likeness (QED) is 0.526. The van der Waals surface area contributed by atoms with Crippen LogP contribution in [0.4, 0.5) is 5.69 Å². The SMILES string of the molecule is CC(Nc1cc(-c2cccc(S(N)(=O)=O)c2)c2nccnc2c1)c1cccnc1. The Labute approximate surface area is 168 Å². The number of fused-ring (bicyclic) bond motifs is 1. The third-order valence-electron chi connectivity index (χ3n) is 4.61. The molecule has 7 nitrogen and oxygen atoms in total. The van der Waals surface area contributed by atoms with Crippen LogP contribution in [-0.2, 0) is 10.0 Å². The molecule has 0 saturated carbocycles. The Hall–Kier alpha value is -3.36. The minimum atomic E-state index is -3.81. The van der Waals surface area contributed by atoms with Gasteiger partial charge in [-0.15, -0.1) is 0 Å². The molecule has 0 saturated heterocycles. The van der Waals surface area contributed by atoms with Gasteiger partial charge in [-0.3, -0.25) is 15.0 Å². The van der Waals surface area contributed by atoms with Crippen molar-refractivity contribution in [3.63, 3.8) is 0 Å². The van der Waals surface area contributed by atoms with Crippen LogP contribution in [0.3, 0.4) is 0 Å². The van der Waals surface area contributed by atoms with E-state index >= 15 is 0 Å². The van der Waals surface area contributed by atoms with E-state index in [0.29, 0.717) is 16.6 Å². The molecule has 0 aliphatic rings. The van der Waals surface area contributed by atoms with E-state index in [0.717, 1.165) is 16.8 Å². The summed E-state index contributed by atoms with van der Waals surface area (Å²) in [6.07, 6.45) is 6.79. The van der Waals surface area contributed by atoms with Crippen LogP contribution in [0.15, 0.2) is 78.2 Å². The van der Waals surface area contributed by atoms with Gasteiger partial charge in [0.1, 0.15) is 0 Å². The lowest BCUT2D eigenvalue weighted by molar-refractivity contribution is 0.598. The summed E-state index contributed by atoms with van der Waals surface area (Å²) in [5, 5.41) is 8.76. The molecule has 4 rings (SSSR count).